The molecule has 3 N–H and O–H groups in total. The van der Waals surface area contributed by atoms with Gasteiger partial charge in [0.25, 0.3) is 10.0 Å². The van der Waals surface area contributed by atoms with Gasteiger partial charge >= 0.3 is 0 Å². The highest BCUT2D eigenvalue weighted by Gasteiger charge is 2.27. The number of hydrogen-bond donors (Lipinski definition) is 2. The molecule has 0 radical (unpaired) electrons. The number of rotatable bonds is 5. The van der Waals surface area contributed by atoms with E-state index in [0.717, 1.165) is 5.01 Å². The van der Waals surface area contributed by atoms with Crippen molar-refractivity contribution in [1.29, 1.82) is 0 Å². The molecule has 0 bridgehead atoms. The van der Waals surface area contributed by atoms with Crippen LogP contribution in [0.5, 0.6) is 0 Å². The van der Waals surface area contributed by atoms with E-state index in [9.17, 15) is 8.42 Å². The second-order valence-corrected chi connectivity index (χ2v) is 11.0. The Morgan fingerprint density at radius 2 is 1.91 bits per heavy atom. The third-order valence-corrected chi connectivity index (χ3v) is 7.40. The van der Waals surface area contributed by atoms with Crippen molar-refractivity contribution in [3.8, 4) is 21.8 Å². The molecule has 4 aromatic rings. The minimum Gasteiger partial charge on any atom is -0.368 e. The molecule has 33 heavy (non-hydrogen) atoms. The summed E-state index contributed by atoms with van der Waals surface area (Å²) in [5.41, 5.74) is 6.23. The summed E-state index contributed by atoms with van der Waals surface area (Å²) < 4.78 is 44.6. The van der Waals surface area contributed by atoms with Gasteiger partial charge in [0.2, 0.25) is 5.95 Å². The van der Waals surface area contributed by atoms with E-state index >= 15 is 4.39 Å². The number of nitrogens with one attached hydrogen (secondary N) is 1. The summed E-state index contributed by atoms with van der Waals surface area (Å²) in [4.78, 5) is 13.5. The Balaban J connectivity index is 1.84. The quantitative estimate of drug-likeness (QED) is 0.438. The van der Waals surface area contributed by atoms with E-state index in [1.807, 2.05) is 20.8 Å². The largest absolute Gasteiger partial charge is 0.368 e. The van der Waals surface area contributed by atoms with Crippen molar-refractivity contribution >= 4 is 33.0 Å². The number of aryl methyl sites for hydroxylation is 1. The predicted molar refractivity (Wildman–Crippen MR) is 126 cm³/mol. The van der Waals surface area contributed by atoms with Crippen LogP contribution in [0.1, 0.15) is 25.8 Å². The van der Waals surface area contributed by atoms with E-state index in [2.05, 4.69) is 19.8 Å². The second-order valence-electron chi connectivity index (χ2n) is 8.35. The molecule has 0 aliphatic carbocycles. The first-order chi connectivity index (χ1) is 15.5. The van der Waals surface area contributed by atoms with Gasteiger partial charge in [0, 0.05) is 30.4 Å². The molecule has 1 aromatic carbocycles. The van der Waals surface area contributed by atoms with Gasteiger partial charge in [-0.3, -0.25) is 9.40 Å². The minimum atomic E-state index is -4.08. The van der Waals surface area contributed by atoms with E-state index in [1.54, 1.807) is 25.2 Å². The fourth-order valence-electron chi connectivity index (χ4n) is 3.03. The lowest BCUT2D eigenvalue weighted by Gasteiger charge is -2.13. The SMILES string of the molecule is Cn1ccc(S(=O)(=O)Nc2cccc(-c3nc(C(C)(C)C)sc3-c3ccnc(N)n3)c2F)n1. The first-order valence-corrected chi connectivity index (χ1v) is 12.2. The maximum Gasteiger partial charge on any atom is 0.281 e. The normalized spacial score (nSPS) is 12.2. The van der Waals surface area contributed by atoms with Crippen LogP contribution in [0.25, 0.3) is 21.8 Å². The Morgan fingerprint density at radius 3 is 2.55 bits per heavy atom. The van der Waals surface area contributed by atoms with Crippen molar-refractivity contribution in [2.75, 3.05) is 10.5 Å². The van der Waals surface area contributed by atoms with Crippen LogP contribution in [-0.2, 0) is 22.5 Å². The van der Waals surface area contributed by atoms with Gasteiger partial charge in [-0.15, -0.1) is 11.3 Å². The first kappa shape index (κ1) is 22.8. The molecule has 0 saturated heterocycles. The minimum absolute atomic E-state index is 0.0847. The number of aromatic nitrogens is 5. The number of halogens is 1. The molecule has 0 aliphatic rings. The van der Waals surface area contributed by atoms with Gasteiger partial charge in [-0.2, -0.15) is 13.5 Å². The van der Waals surface area contributed by atoms with Crippen LogP contribution in [0.15, 0.2) is 47.8 Å². The topological polar surface area (TPSA) is 129 Å². The average molecular weight is 488 g/mol. The summed E-state index contributed by atoms with van der Waals surface area (Å²) in [7, 11) is -2.48. The molecule has 0 atom stereocenters. The van der Waals surface area contributed by atoms with Crippen LogP contribution in [0.4, 0.5) is 16.0 Å². The summed E-state index contributed by atoms with van der Waals surface area (Å²) in [6, 6.07) is 7.45. The zero-order valence-electron chi connectivity index (χ0n) is 18.4. The summed E-state index contributed by atoms with van der Waals surface area (Å²) in [6.07, 6.45) is 3.01. The van der Waals surface area contributed by atoms with Crippen molar-refractivity contribution in [2.24, 2.45) is 7.05 Å². The predicted octanol–water partition coefficient (Wildman–Crippen LogP) is 3.82. The van der Waals surface area contributed by atoms with Crippen LogP contribution in [0.3, 0.4) is 0 Å². The molecule has 3 heterocycles. The van der Waals surface area contributed by atoms with Crippen LogP contribution in [0, 0.1) is 5.82 Å². The number of nitrogen functional groups attached to an aromatic ring is 1. The second kappa shape index (κ2) is 8.19. The molecule has 0 aliphatic heterocycles. The Morgan fingerprint density at radius 1 is 1.15 bits per heavy atom. The highest BCUT2D eigenvalue weighted by molar-refractivity contribution is 7.92. The van der Waals surface area contributed by atoms with Gasteiger partial charge in [-0.25, -0.2) is 19.3 Å². The molecular formula is C21H22FN7O2S2. The fourth-order valence-corrected chi connectivity index (χ4v) is 5.16. The first-order valence-electron chi connectivity index (χ1n) is 9.87. The van der Waals surface area contributed by atoms with Crippen LogP contribution in [0.2, 0.25) is 0 Å². The van der Waals surface area contributed by atoms with Gasteiger partial charge < -0.3 is 5.73 Å². The maximum atomic E-state index is 15.6. The van der Waals surface area contributed by atoms with Gasteiger partial charge in [0.1, 0.15) is 0 Å². The van der Waals surface area contributed by atoms with Gasteiger partial charge in [-0.1, -0.05) is 26.8 Å². The number of hydrogen-bond acceptors (Lipinski definition) is 8. The summed E-state index contributed by atoms with van der Waals surface area (Å²) >= 11 is 1.38. The smallest absolute Gasteiger partial charge is 0.281 e. The van der Waals surface area contributed by atoms with Crippen LogP contribution < -0.4 is 10.5 Å². The highest BCUT2D eigenvalue weighted by Crippen LogP contribution is 2.41. The third kappa shape index (κ3) is 4.57. The van der Waals surface area contributed by atoms with Crippen molar-refractivity contribution in [1.82, 2.24) is 24.7 Å². The molecule has 0 fully saturated rings. The molecule has 4 rings (SSSR count). The third-order valence-electron chi connectivity index (χ3n) is 4.64. The Kier molecular flexibility index (Phi) is 5.66. The van der Waals surface area contributed by atoms with Crippen LogP contribution >= 0.6 is 11.3 Å². The van der Waals surface area contributed by atoms with Crippen LogP contribution in [-0.4, -0.2) is 33.2 Å². The Bertz CT molecular complexity index is 1440. The number of sulfonamides is 1. The number of benzene rings is 1. The molecule has 9 nitrogen and oxygen atoms in total. The number of nitrogens with zero attached hydrogens (tertiary/aromatic N) is 5. The molecule has 0 saturated carbocycles. The van der Waals surface area contributed by atoms with E-state index in [4.69, 9.17) is 10.7 Å². The molecule has 0 spiro atoms. The van der Waals surface area contributed by atoms with E-state index in [-0.39, 0.29) is 27.6 Å². The van der Waals surface area contributed by atoms with Gasteiger partial charge in [-0.05, 0) is 24.3 Å². The average Bonchev–Trinajstić information content (AvgIpc) is 3.36. The van der Waals surface area contributed by atoms with Gasteiger partial charge in [0.15, 0.2) is 10.8 Å². The number of thiazole rings is 1. The molecule has 172 valence electrons. The van der Waals surface area contributed by atoms with E-state index in [0.29, 0.717) is 16.3 Å². The molecule has 0 unspecified atom stereocenters. The van der Waals surface area contributed by atoms with Crippen molar-refractivity contribution in [2.45, 2.75) is 31.2 Å². The zero-order valence-corrected chi connectivity index (χ0v) is 20.0. The highest BCUT2D eigenvalue weighted by atomic mass is 32.2. The lowest BCUT2D eigenvalue weighted by atomic mass is 9.98. The molecular weight excluding hydrogens is 465 g/mol. The fraction of sp³-hybridized carbons (Fsp3) is 0.238. The maximum absolute atomic E-state index is 15.6. The summed E-state index contributed by atoms with van der Waals surface area (Å²) in [5.74, 6) is -0.674. The van der Waals surface area contributed by atoms with E-state index in [1.165, 1.54) is 40.5 Å². The Hall–Kier alpha value is -3.38. The summed E-state index contributed by atoms with van der Waals surface area (Å²) in [5, 5.41) is 4.44. The summed E-state index contributed by atoms with van der Waals surface area (Å²) in [6.45, 7) is 6.00. The molecule has 0 amide bonds. The lowest BCUT2D eigenvalue weighted by Crippen LogP contribution is -2.15. The van der Waals surface area contributed by atoms with Crippen molar-refractivity contribution in [3.63, 3.8) is 0 Å². The number of anilines is 2. The lowest BCUT2D eigenvalue weighted by molar-refractivity contribution is 0.585. The number of nitrogens with two attached hydrogens (primary N) is 1. The van der Waals surface area contributed by atoms with Crippen molar-refractivity contribution < 1.29 is 12.8 Å². The van der Waals surface area contributed by atoms with E-state index < -0.39 is 15.8 Å². The molecule has 3 aromatic heterocycles. The van der Waals surface area contributed by atoms with Crippen molar-refractivity contribution in [3.05, 3.63) is 53.6 Å². The zero-order chi connectivity index (χ0) is 24.0. The monoisotopic (exact) mass is 487 g/mol. The molecule has 12 heteroatoms. The van der Waals surface area contributed by atoms with Gasteiger partial charge in [0.05, 0.1) is 27.0 Å². The Labute approximate surface area is 194 Å². The standard InChI is InChI=1S/C21H22FN7O2S2/c1-21(2,3)19-26-17(18(32-19)14-8-10-24-20(23)25-14)12-6-5-7-13(16(12)22)28-33(30,31)15-9-11-29(4)27-15/h5-11,28H,1-4H3,(H2,23,24,25).